The van der Waals surface area contributed by atoms with E-state index in [2.05, 4.69) is 10.6 Å². The third-order valence-corrected chi connectivity index (χ3v) is 4.36. The number of nitrogens with zero attached hydrogens (tertiary/aromatic N) is 1. The number of hydrogen-bond donors (Lipinski definition) is 2. The van der Waals surface area contributed by atoms with E-state index in [1.165, 1.54) is 0 Å². The van der Waals surface area contributed by atoms with Crippen molar-refractivity contribution in [1.82, 2.24) is 4.90 Å². The second-order valence-corrected chi connectivity index (χ2v) is 6.83. The minimum absolute atomic E-state index is 0.138. The Morgan fingerprint density at radius 3 is 2.08 bits per heavy atom. The number of carbonyl (C=O) groups excluding carboxylic acids is 2. The predicted octanol–water partition coefficient (Wildman–Crippen LogP) is 3.43. The Kier molecular flexibility index (Phi) is 6.52. The number of nitrogens with one attached hydrogen (secondary N) is 2. The van der Waals surface area contributed by atoms with Crippen LogP contribution < -0.4 is 10.6 Å². The Morgan fingerprint density at radius 1 is 0.846 bits per heavy atom. The zero-order chi connectivity index (χ0) is 19.3. The molecule has 0 aliphatic heterocycles. The number of aryl methyl sites for hydroxylation is 3. The molecule has 0 radical (unpaired) electrons. The summed E-state index contributed by atoms with van der Waals surface area (Å²) in [6.45, 7) is 8.26. The lowest BCUT2D eigenvalue weighted by Crippen LogP contribution is -2.36. The normalized spacial score (nSPS) is 10.7. The fourth-order valence-electron chi connectivity index (χ4n) is 2.77. The molecular weight excluding hydrogens is 326 g/mol. The summed E-state index contributed by atoms with van der Waals surface area (Å²) < 4.78 is 0. The lowest BCUT2D eigenvalue weighted by molar-refractivity contribution is -0.119. The van der Waals surface area contributed by atoms with Crippen LogP contribution in [0.4, 0.5) is 11.4 Å². The van der Waals surface area contributed by atoms with Crippen LogP contribution in [0.1, 0.15) is 22.3 Å². The van der Waals surface area contributed by atoms with Crippen molar-refractivity contribution in [3.05, 3.63) is 58.7 Å². The van der Waals surface area contributed by atoms with E-state index in [1.54, 1.807) is 11.9 Å². The van der Waals surface area contributed by atoms with Crippen LogP contribution in [0.5, 0.6) is 0 Å². The summed E-state index contributed by atoms with van der Waals surface area (Å²) in [5.74, 6) is -0.278. The molecule has 2 amide bonds. The molecule has 5 nitrogen and oxygen atoms in total. The van der Waals surface area contributed by atoms with Gasteiger partial charge in [-0.2, -0.15) is 0 Å². The van der Waals surface area contributed by atoms with Crippen LogP contribution in [0.2, 0.25) is 0 Å². The van der Waals surface area contributed by atoms with Crippen LogP contribution >= 0.6 is 0 Å². The van der Waals surface area contributed by atoms with E-state index in [1.807, 2.05) is 64.1 Å². The highest BCUT2D eigenvalue weighted by Crippen LogP contribution is 2.18. The Hall–Kier alpha value is -2.66. The largest absolute Gasteiger partial charge is 0.325 e. The fraction of sp³-hybridized carbons (Fsp3) is 0.333. The molecule has 0 heterocycles. The molecule has 0 unspecified atom stereocenters. The van der Waals surface area contributed by atoms with Crippen LogP contribution in [0.3, 0.4) is 0 Å². The lowest BCUT2D eigenvalue weighted by Gasteiger charge is -2.17. The van der Waals surface area contributed by atoms with E-state index in [0.29, 0.717) is 0 Å². The third-order valence-electron chi connectivity index (χ3n) is 4.36. The van der Waals surface area contributed by atoms with Gasteiger partial charge in [0.15, 0.2) is 0 Å². The van der Waals surface area contributed by atoms with Gasteiger partial charge in [-0.05, 0) is 63.6 Å². The van der Waals surface area contributed by atoms with Crippen molar-refractivity contribution in [3.8, 4) is 0 Å². The fourth-order valence-corrected chi connectivity index (χ4v) is 2.77. The standard InChI is InChI=1S/C21H27N3O2/c1-14-9-10-18(16(3)11-14)22-20(25)12-24(5)13-21(26)23-19-8-6-7-15(2)17(19)4/h6-11H,12-13H2,1-5H3,(H,22,25)(H,23,26). The van der Waals surface area contributed by atoms with E-state index in [4.69, 9.17) is 0 Å². The van der Waals surface area contributed by atoms with Crippen molar-refractivity contribution >= 4 is 23.2 Å². The summed E-state index contributed by atoms with van der Waals surface area (Å²) in [6.07, 6.45) is 0. The molecule has 0 aromatic heterocycles. The number of likely N-dealkylation sites (N-methyl/N-ethyl adjacent to an activating group) is 1. The van der Waals surface area contributed by atoms with Crippen LogP contribution in [0.25, 0.3) is 0 Å². The Morgan fingerprint density at radius 2 is 1.46 bits per heavy atom. The molecule has 0 aliphatic carbocycles. The average Bonchev–Trinajstić information content (AvgIpc) is 2.54. The van der Waals surface area contributed by atoms with Crippen LogP contribution in [0, 0.1) is 27.7 Å². The van der Waals surface area contributed by atoms with Crippen molar-refractivity contribution < 1.29 is 9.59 Å². The third kappa shape index (κ3) is 5.43. The van der Waals surface area contributed by atoms with Crippen LogP contribution in [-0.2, 0) is 9.59 Å². The summed E-state index contributed by atoms with van der Waals surface area (Å²) in [5, 5.41) is 5.80. The molecule has 5 heteroatoms. The first-order valence-corrected chi connectivity index (χ1v) is 8.68. The molecule has 138 valence electrons. The van der Waals surface area contributed by atoms with E-state index >= 15 is 0 Å². The molecule has 2 aromatic carbocycles. The summed E-state index contributed by atoms with van der Waals surface area (Å²) >= 11 is 0. The van der Waals surface area contributed by atoms with E-state index < -0.39 is 0 Å². The molecular formula is C21H27N3O2. The summed E-state index contributed by atoms with van der Waals surface area (Å²) in [6, 6.07) is 11.7. The Bertz CT molecular complexity index is 815. The number of benzene rings is 2. The summed E-state index contributed by atoms with van der Waals surface area (Å²) in [4.78, 5) is 26.1. The van der Waals surface area contributed by atoms with Gasteiger partial charge in [0, 0.05) is 11.4 Å². The van der Waals surface area contributed by atoms with Crippen molar-refractivity contribution in [3.63, 3.8) is 0 Å². The molecule has 2 N–H and O–H groups in total. The van der Waals surface area contributed by atoms with Gasteiger partial charge in [0.05, 0.1) is 13.1 Å². The number of rotatable bonds is 6. The quantitative estimate of drug-likeness (QED) is 0.836. The maximum absolute atomic E-state index is 12.2. The first-order chi connectivity index (χ1) is 12.3. The zero-order valence-electron chi connectivity index (χ0n) is 16.1. The lowest BCUT2D eigenvalue weighted by atomic mass is 10.1. The molecule has 0 saturated heterocycles. The second-order valence-electron chi connectivity index (χ2n) is 6.83. The van der Waals surface area contributed by atoms with Gasteiger partial charge in [-0.25, -0.2) is 0 Å². The first-order valence-electron chi connectivity index (χ1n) is 8.68. The molecule has 26 heavy (non-hydrogen) atoms. The first kappa shape index (κ1) is 19.7. The minimum atomic E-state index is -0.140. The smallest absolute Gasteiger partial charge is 0.238 e. The van der Waals surface area contributed by atoms with E-state index in [0.717, 1.165) is 33.6 Å². The maximum Gasteiger partial charge on any atom is 0.238 e. The van der Waals surface area contributed by atoms with Gasteiger partial charge in [0.25, 0.3) is 0 Å². The Balaban J connectivity index is 1.87. The van der Waals surface area contributed by atoms with Crippen molar-refractivity contribution in [2.24, 2.45) is 0 Å². The van der Waals surface area contributed by atoms with Crippen molar-refractivity contribution in [2.45, 2.75) is 27.7 Å². The van der Waals surface area contributed by atoms with Gasteiger partial charge in [-0.3, -0.25) is 14.5 Å². The predicted molar refractivity (Wildman–Crippen MR) is 107 cm³/mol. The van der Waals surface area contributed by atoms with Gasteiger partial charge in [0.2, 0.25) is 11.8 Å². The van der Waals surface area contributed by atoms with Gasteiger partial charge >= 0.3 is 0 Å². The van der Waals surface area contributed by atoms with Gasteiger partial charge in [-0.1, -0.05) is 29.8 Å². The molecule has 0 atom stereocenters. The van der Waals surface area contributed by atoms with E-state index in [9.17, 15) is 9.59 Å². The zero-order valence-corrected chi connectivity index (χ0v) is 16.1. The van der Waals surface area contributed by atoms with Crippen LogP contribution in [-0.4, -0.2) is 36.9 Å². The summed E-state index contributed by atoms with van der Waals surface area (Å²) in [7, 11) is 1.75. The number of amides is 2. The molecule has 0 bridgehead atoms. The molecule has 0 spiro atoms. The van der Waals surface area contributed by atoms with E-state index in [-0.39, 0.29) is 24.9 Å². The highest BCUT2D eigenvalue weighted by molar-refractivity contribution is 5.95. The highest BCUT2D eigenvalue weighted by Gasteiger charge is 2.13. The second kappa shape index (κ2) is 8.63. The monoisotopic (exact) mass is 353 g/mol. The minimum Gasteiger partial charge on any atom is -0.325 e. The molecule has 0 aliphatic rings. The average molecular weight is 353 g/mol. The molecule has 2 rings (SSSR count). The van der Waals surface area contributed by atoms with Gasteiger partial charge in [0.1, 0.15) is 0 Å². The SMILES string of the molecule is Cc1ccc(NC(=O)CN(C)CC(=O)Nc2cccc(C)c2C)c(C)c1. The molecule has 0 fully saturated rings. The van der Waals surface area contributed by atoms with Gasteiger partial charge in [-0.15, -0.1) is 0 Å². The topological polar surface area (TPSA) is 61.4 Å². The van der Waals surface area contributed by atoms with Gasteiger partial charge < -0.3 is 10.6 Å². The summed E-state index contributed by atoms with van der Waals surface area (Å²) in [5.41, 5.74) is 5.96. The molecule has 0 saturated carbocycles. The highest BCUT2D eigenvalue weighted by atomic mass is 16.2. The van der Waals surface area contributed by atoms with Crippen LogP contribution in [0.15, 0.2) is 36.4 Å². The molecule has 2 aromatic rings. The van der Waals surface area contributed by atoms with Crippen molar-refractivity contribution in [1.29, 1.82) is 0 Å². The maximum atomic E-state index is 12.2. The number of anilines is 2. The number of hydrogen-bond acceptors (Lipinski definition) is 3. The number of carbonyl (C=O) groups is 2. The van der Waals surface area contributed by atoms with Crippen molar-refractivity contribution in [2.75, 3.05) is 30.8 Å². The Labute approximate surface area is 155 Å².